The summed E-state index contributed by atoms with van der Waals surface area (Å²) in [5.41, 5.74) is 1.81. The number of amides is 2. The van der Waals surface area contributed by atoms with Crippen molar-refractivity contribution in [2.75, 3.05) is 54.0 Å². The van der Waals surface area contributed by atoms with Gasteiger partial charge in [0.1, 0.15) is 17.7 Å². The number of nitrogens with one attached hydrogen (secondary N) is 1. The van der Waals surface area contributed by atoms with Gasteiger partial charge in [0.05, 0.1) is 30.2 Å². The maximum Gasteiger partial charge on any atom is 0.414 e. The third-order valence-corrected chi connectivity index (χ3v) is 5.47. The molecule has 1 aromatic heterocycles. The van der Waals surface area contributed by atoms with Gasteiger partial charge in [-0.05, 0) is 25.1 Å². The first kappa shape index (κ1) is 20.8. The van der Waals surface area contributed by atoms with Gasteiger partial charge in [-0.1, -0.05) is 0 Å². The maximum atomic E-state index is 14.9. The van der Waals surface area contributed by atoms with Crippen LogP contribution in [0.3, 0.4) is 0 Å². The zero-order valence-corrected chi connectivity index (χ0v) is 17.5. The summed E-state index contributed by atoms with van der Waals surface area (Å²) in [6, 6.07) is 4.78. The zero-order valence-electron chi connectivity index (χ0n) is 17.5. The number of halogens is 1. The van der Waals surface area contributed by atoms with Gasteiger partial charge in [-0.15, -0.1) is 0 Å². The lowest BCUT2D eigenvalue weighted by Crippen LogP contribution is -2.47. The monoisotopic (exact) mass is 428 g/mol. The Kier molecular flexibility index (Phi) is 5.88. The van der Waals surface area contributed by atoms with E-state index in [4.69, 9.17) is 4.74 Å². The van der Waals surface area contributed by atoms with Gasteiger partial charge in [0, 0.05) is 45.5 Å². The second-order valence-electron chi connectivity index (χ2n) is 7.63. The Morgan fingerprint density at radius 2 is 1.90 bits per heavy atom. The van der Waals surface area contributed by atoms with E-state index in [0.29, 0.717) is 37.6 Å². The summed E-state index contributed by atoms with van der Waals surface area (Å²) in [6.45, 7) is 6.54. The summed E-state index contributed by atoms with van der Waals surface area (Å²) in [4.78, 5) is 37.4. The number of aromatic nitrogens is 2. The number of carbonyl (C=O) groups is 2. The number of ether oxygens (including phenoxy) is 1. The molecule has 2 saturated heterocycles. The lowest BCUT2D eigenvalue weighted by atomic mass is 10.2. The third-order valence-electron chi connectivity index (χ3n) is 5.47. The largest absolute Gasteiger partial charge is 0.442 e. The molecule has 164 valence electrons. The Labute approximate surface area is 179 Å². The fraction of sp³-hybridized carbons (Fsp3) is 0.429. The minimum Gasteiger partial charge on any atom is -0.442 e. The van der Waals surface area contributed by atoms with E-state index in [0.717, 1.165) is 11.5 Å². The highest BCUT2D eigenvalue weighted by atomic mass is 19.1. The number of anilines is 3. The molecule has 9 nitrogen and oxygen atoms in total. The molecule has 2 fully saturated rings. The second-order valence-corrected chi connectivity index (χ2v) is 7.63. The van der Waals surface area contributed by atoms with E-state index in [1.165, 1.54) is 17.9 Å². The average molecular weight is 428 g/mol. The summed E-state index contributed by atoms with van der Waals surface area (Å²) in [5, 5.41) is 2.63. The fourth-order valence-corrected chi connectivity index (χ4v) is 3.89. The molecule has 31 heavy (non-hydrogen) atoms. The Morgan fingerprint density at radius 1 is 1.19 bits per heavy atom. The lowest BCUT2D eigenvalue weighted by Gasteiger charge is -2.37. The lowest BCUT2D eigenvalue weighted by molar-refractivity contribution is -0.119. The number of carbonyl (C=O) groups excluding carboxylic acids is 2. The third kappa shape index (κ3) is 4.52. The van der Waals surface area contributed by atoms with E-state index in [2.05, 4.69) is 20.2 Å². The molecule has 4 rings (SSSR count). The standard InChI is InChI=1S/C21H25FN6O3/c1-14-20(24-6-5-23-14)27-9-7-26(8-10-27)19-4-3-16(11-18(19)22)28-13-17(31-21(28)30)12-25-15(2)29/h3-6,11,17H,7-10,12-13H2,1-2H3,(H,25,29). The highest BCUT2D eigenvalue weighted by Gasteiger charge is 2.33. The second kappa shape index (κ2) is 8.75. The topological polar surface area (TPSA) is 90.9 Å². The smallest absolute Gasteiger partial charge is 0.414 e. The average Bonchev–Trinajstić information content (AvgIpc) is 3.13. The van der Waals surface area contributed by atoms with Crippen molar-refractivity contribution in [3.05, 3.63) is 42.1 Å². The molecule has 0 radical (unpaired) electrons. The first-order valence-corrected chi connectivity index (χ1v) is 10.2. The first-order valence-electron chi connectivity index (χ1n) is 10.2. The fourth-order valence-electron chi connectivity index (χ4n) is 3.89. The molecule has 0 aliphatic carbocycles. The van der Waals surface area contributed by atoms with Crippen molar-refractivity contribution in [1.29, 1.82) is 0 Å². The van der Waals surface area contributed by atoms with Crippen LogP contribution in [0.1, 0.15) is 12.6 Å². The van der Waals surface area contributed by atoms with Gasteiger partial charge >= 0.3 is 6.09 Å². The van der Waals surface area contributed by atoms with Crippen LogP contribution in [0, 0.1) is 12.7 Å². The molecule has 1 atom stereocenters. The predicted molar refractivity (Wildman–Crippen MR) is 114 cm³/mol. The molecule has 0 bridgehead atoms. The van der Waals surface area contributed by atoms with Gasteiger partial charge < -0.3 is 19.9 Å². The van der Waals surface area contributed by atoms with Crippen LogP contribution in [0.25, 0.3) is 0 Å². The Bertz CT molecular complexity index is 979. The van der Waals surface area contributed by atoms with Crippen LogP contribution in [-0.4, -0.2) is 67.3 Å². The SMILES string of the molecule is CC(=O)NCC1CN(c2ccc(N3CCN(c4nccnc4C)CC3)c(F)c2)C(=O)O1. The molecular formula is C21H25FN6O3. The van der Waals surface area contributed by atoms with Crippen molar-refractivity contribution in [3.63, 3.8) is 0 Å². The number of nitrogens with zero attached hydrogens (tertiary/aromatic N) is 5. The van der Waals surface area contributed by atoms with Crippen molar-refractivity contribution < 1.29 is 18.7 Å². The van der Waals surface area contributed by atoms with Crippen molar-refractivity contribution >= 4 is 29.2 Å². The molecular weight excluding hydrogens is 403 g/mol. The Hall–Kier alpha value is -3.43. The van der Waals surface area contributed by atoms with E-state index in [-0.39, 0.29) is 24.8 Å². The van der Waals surface area contributed by atoms with Gasteiger partial charge in [0.2, 0.25) is 5.91 Å². The van der Waals surface area contributed by atoms with Gasteiger partial charge in [0.15, 0.2) is 0 Å². The predicted octanol–water partition coefficient (Wildman–Crippen LogP) is 1.71. The summed E-state index contributed by atoms with van der Waals surface area (Å²) >= 11 is 0. The number of piperazine rings is 1. The zero-order chi connectivity index (χ0) is 22.0. The molecule has 3 heterocycles. The van der Waals surface area contributed by atoms with E-state index in [1.807, 2.05) is 11.8 Å². The molecule has 0 saturated carbocycles. The van der Waals surface area contributed by atoms with E-state index in [1.54, 1.807) is 24.5 Å². The van der Waals surface area contributed by atoms with Gasteiger partial charge in [0.25, 0.3) is 0 Å². The van der Waals surface area contributed by atoms with Crippen molar-refractivity contribution in [3.8, 4) is 0 Å². The number of cyclic esters (lactones) is 1. The highest BCUT2D eigenvalue weighted by Crippen LogP contribution is 2.29. The Morgan fingerprint density at radius 3 is 2.58 bits per heavy atom. The van der Waals surface area contributed by atoms with Gasteiger partial charge in [-0.2, -0.15) is 0 Å². The van der Waals surface area contributed by atoms with E-state index < -0.39 is 12.2 Å². The summed E-state index contributed by atoms with van der Waals surface area (Å²) in [5.74, 6) is 0.276. The van der Waals surface area contributed by atoms with E-state index in [9.17, 15) is 14.0 Å². The minimum atomic E-state index is -0.546. The first-order chi connectivity index (χ1) is 14.9. The Balaban J connectivity index is 1.40. The quantitative estimate of drug-likeness (QED) is 0.775. The van der Waals surface area contributed by atoms with Crippen molar-refractivity contribution in [2.45, 2.75) is 20.0 Å². The van der Waals surface area contributed by atoms with Crippen LogP contribution >= 0.6 is 0 Å². The summed E-state index contributed by atoms with van der Waals surface area (Å²) in [7, 11) is 0. The van der Waals surface area contributed by atoms with Crippen molar-refractivity contribution in [1.82, 2.24) is 15.3 Å². The number of benzene rings is 1. The molecule has 1 unspecified atom stereocenters. The number of aryl methyl sites for hydroxylation is 1. The molecule has 2 aromatic rings. The number of hydrogen-bond donors (Lipinski definition) is 1. The molecule has 0 spiro atoms. The minimum absolute atomic E-state index is 0.195. The number of hydrogen-bond acceptors (Lipinski definition) is 7. The highest BCUT2D eigenvalue weighted by molar-refractivity contribution is 5.90. The van der Waals surface area contributed by atoms with Crippen LogP contribution in [0.4, 0.5) is 26.4 Å². The van der Waals surface area contributed by atoms with Crippen LogP contribution in [0.2, 0.25) is 0 Å². The van der Waals surface area contributed by atoms with Crippen LogP contribution in [0.5, 0.6) is 0 Å². The molecule has 2 aliphatic rings. The summed E-state index contributed by atoms with van der Waals surface area (Å²) < 4.78 is 20.2. The molecule has 2 aliphatic heterocycles. The van der Waals surface area contributed by atoms with Gasteiger partial charge in [-0.3, -0.25) is 14.7 Å². The number of rotatable bonds is 5. The van der Waals surface area contributed by atoms with Gasteiger partial charge in [-0.25, -0.2) is 14.2 Å². The van der Waals surface area contributed by atoms with E-state index >= 15 is 0 Å². The molecule has 1 aromatic carbocycles. The molecule has 10 heteroatoms. The summed E-state index contributed by atoms with van der Waals surface area (Å²) in [6.07, 6.45) is 2.34. The normalized spacial score (nSPS) is 18.9. The van der Waals surface area contributed by atoms with Crippen LogP contribution in [0.15, 0.2) is 30.6 Å². The van der Waals surface area contributed by atoms with Crippen LogP contribution in [-0.2, 0) is 9.53 Å². The molecule has 2 amide bonds. The maximum absolute atomic E-state index is 14.9. The van der Waals surface area contributed by atoms with Crippen molar-refractivity contribution in [2.24, 2.45) is 0 Å². The molecule has 1 N–H and O–H groups in total. The van der Waals surface area contributed by atoms with Crippen LogP contribution < -0.4 is 20.0 Å².